The minimum absolute atomic E-state index is 0.439. The second-order valence-corrected chi connectivity index (χ2v) is 4.13. The van der Waals surface area contributed by atoms with E-state index in [1.807, 2.05) is 26.0 Å². The second-order valence-electron chi connectivity index (χ2n) is 3.73. The first-order chi connectivity index (χ1) is 6.56. The summed E-state index contributed by atoms with van der Waals surface area (Å²) in [5.41, 5.74) is 2.25. The van der Waals surface area contributed by atoms with Crippen molar-refractivity contribution >= 4 is 11.6 Å². The predicted molar refractivity (Wildman–Crippen MR) is 61.4 cm³/mol. The lowest BCUT2D eigenvalue weighted by Crippen LogP contribution is -1.99. The summed E-state index contributed by atoms with van der Waals surface area (Å²) >= 11 is 6.07. The van der Waals surface area contributed by atoms with Crippen molar-refractivity contribution in [3.63, 3.8) is 0 Å². The van der Waals surface area contributed by atoms with Gasteiger partial charge in [0, 0.05) is 5.02 Å². The third kappa shape index (κ3) is 2.42. The third-order valence-electron chi connectivity index (χ3n) is 2.21. The van der Waals surface area contributed by atoms with Crippen molar-refractivity contribution in [2.75, 3.05) is 6.61 Å². The Morgan fingerprint density at radius 3 is 2.50 bits per heavy atom. The van der Waals surface area contributed by atoms with Gasteiger partial charge in [-0.2, -0.15) is 0 Å². The fourth-order valence-electron chi connectivity index (χ4n) is 1.40. The van der Waals surface area contributed by atoms with Gasteiger partial charge < -0.3 is 4.74 Å². The molecule has 78 valence electrons. The van der Waals surface area contributed by atoms with E-state index in [0.29, 0.717) is 12.5 Å². The molecule has 0 atom stereocenters. The maximum absolute atomic E-state index is 6.07. The highest BCUT2D eigenvalue weighted by Crippen LogP contribution is 2.31. The van der Waals surface area contributed by atoms with E-state index in [-0.39, 0.29) is 0 Å². The van der Waals surface area contributed by atoms with E-state index >= 15 is 0 Å². The van der Waals surface area contributed by atoms with E-state index in [4.69, 9.17) is 16.3 Å². The van der Waals surface area contributed by atoms with Gasteiger partial charge in [0.1, 0.15) is 5.75 Å². The van der Waals surface area contributed by atoms with Gasteiger partial charge in [-0.15, -0.1) is 0 Å². The lowest BCUT2D eigenvalue weighted by molar-refractivity contribution is 0.335. The Labute approximate surface area is 91.0 Å². The molecule has 0 aromatic heterocycles. The smallest absolute Gasteiger partial charge is 0.123 e. The fraction of sp³-hybridized carbons (Fsp3) is 0.500. The van der Waals surface area contributed by atoms with E-state index in [0.717, 1.165) is 16.3 Å². The zero-order valence-electron chi connectivity index (χ0n) is 9.23. The van der Waals surface area contributed by atoms with E-state index in [1.54, 1.807) is 0 Å². The SMILES string of the molecule is CCOc1cc(C)c(Cl)cc1C(C)C. The summed E-state index contributed by atoms with van der Waals surface area (Å²) in [6, 6.07) is 4.02. The Bertz CT molecular complexity index is 318. The van der Waals surface area contributed by atoms with Crippen LogP contribution in [0.1, 0.15) is 37.8 Å². The highest BCUT2D eigenvalue weighted by molar-refractivity contribution is 6.31. The van der Waals surface area contributed by atoms with Crippen molar-refractivity contribution in [1.29, 1.82) is 0 Å². The molecule has 0 fully saturated rings. The summed E-state index contributed by atoms with van der Waals surface area (Å²) in [5, 5.41) is 0.817. The predicted octanol–water partition coefficient (Wildman–Crippen LogP) is 4.17. The van der Waals surface area contributed by atoms with Crippen LogP contribution in [0.25, 0.3) is 0 Å². The highest BCUT2D eigenvalue weighted by atomic mass is 35.5. The number of aryl methyl sites for hydroxylation is 1. The van der Waals surface area contributed by atoms with Crippen molar-refractivity contribution in [2.45, 2.75) is 33.6 Å². The van der Waals surface area contributed by atoms with Gasteiger partial charge in [-0.1, -0.05) is 25.4 Å². The van der Waals surface area contributed by atoms with E-state index in [2.05, 4.69) is 13.8 Å². The Morgan fingerprint density at radius 1 is 1.36 bits per heavy atom. The number of hydrogen-bond donors (Lipinski definition) is 0. The maximum Gasteiger partial charge on any atom is 0.123 e. The maximum atomic E-state index is 6.07. The average Bonchev–Trinajstić information content (AvgIpc) is 2.11. The zero-order valence-corrected chi connectivity index (χ0v) is 9.98. The number of ether oxygens (including phenoxy) is 1. The first-order valence-corrected chi connectivity index (χ1v) is 5.36. The molecule has 0 heterocycles. The monoisotopic (exact) mass is 212 g/mol. The third-order valence-corrected chi connectivity index (χ3v) is 2.62. The molecule has 0 unspecified atom stereocenters. The van der Waals surface area contributed by atoms with E-state index < -0.39 is 0 Å². The molecule has 0 spiro atoms. The Balaban J connectivity index is 3.17. The molecular formula is C12H17ClO. The topological polar surface area (TPSA) is 9.23 Å². The summed E-state index contributed by atoms with van der Waals surface area (Å²) in [4.78, 5) is 0. The first-order valence-electron chi connectivity index (χ1n) is 4.99. The minimum Gasteiger partial charge on any atom is -0.494 e. The summed E-state index contributed by atoms with van der Waals surface area (Å²) in [5.74, 6) is 1.40. The van der Waals surface area contributed by atoms with Crippen LogP contribution in [0.5, 0.6) is 5.75 Å². The number of hydrogen-bond acceptors (Lipinski definition) is 1. The minimum atomic E-state index is 0.439. The Morgan fingerprint density at radius 2 is 2.00 bits per heavy atom. The van der Waals surface area contributed by atoms with Crippen LogP contribution in [0, 0.1) is 6.92 Å². The van der Waals surface area contributed by atoms with Gasteiger partial charge in [0.05, 0.1) is 6.61 Å². The summed E-state index contributed by atoms with van der Waals surface area (Å²) in [6.07, 6.45) is 0. The molecule has 2 heteroatoms. The zero-order chi connectivity index (χ0) is 10.7. The standard InChI is InChI=1S/C12H17ClO/c1-5-14-12-6-9(4)11(13)7-10(12)8(2)3/h6-8H,5H2,1-4H3. The quantitative estimate of drug-likeness (QED) is 0.731. The summed E-state index contributed by atoms with van der Waals surface area (Å²) < 4.78 is 5.58. The normalized spacial score (nSPS) is 10.7. The Hall–Kier alpha value is -0.690. The molecule has 1 aromatic rings. The highest BCUT2D eigenvalue weighted by Gasteiger charge is 2.10. The number of halogens is 1. The molecule has 0 N–H and O–H groups in total. The van der Waals surface area contributed by atoms with Crippen molar-refractivity contribution in [1.82, 2.24) is 0 Å². The molecule has 0 saturated heterocycles. The molecule has 14 heavy (non-hydrogen) atoms. The molecule has 1 nitrogen and oxygen atoms in total. The van der Waals surface area contributed by atoms with Crippen molar-refractivity contribution < 1.29 is 4.74 Å². The van der Waals surface area contributed by atoms with Gasteiger partial charge in [0.15, 0.2) is 0 Å². The molecule has 0 saturated carbocycles. The largest absolute Gasteiger partial charge is 0.494 e. The average molecular weight is 213 g/mol. The van der Waals surface area contributed by atoms with Gasteiger partial charge in [-0.25, -0.2) is 0 Å². The van der Waals surface area contributed by atoms with Crippen LogP contribution in [-0.4, -0.2) is 6.61 Å². The van der Waals surface area contributed by atoms with Gasteiger partial charge in [-0.3, -0.25) is 0 Å². The molecule has 0 amide bonds. The fourth-order valence-corrected chi connectivity index (χ4v) is 1.57. The van der Waals surface area contributed by atoms with Crippen LogP contribution in [0.4, 0.5) is 0 Å². The number of rotatable bonds is 3. The van der Waals surface area contributed by atoms with Crippen LogP contribution in [0.15, 0.2) is 12.1 Å². The molecule has 0 aliphatic rings. The lowest BCUT2D eigenvalue weighted by Gasteiger charge is -2.14. The van der Waals surface area contributed by atoms with Gasteiger partial charge >= 0.3 is 0 Å². The van der Waals surface area contributed by atoms with Gasteiger partial charge in [0.2, 0.25) is 0 Å². The van der Waals surface area contributed by atoms with Crippen LogP contribution >= 0.6 is 11.6 Å². The van der Waals surface area contributed by atoms with Gasteiger partial charge in [-0.05, 0) is 43.0 Å². The van der Waals surface area contributed by atoms with Crippen LogP contribution in [0.2, 0.25) is 5.02 Å². The molecule has 0 bridgehead atoms. The first kappa shape index (κ1) is 11.4. The Kier molecular flexibility index (Phi) is 3.82. The van der Waals surface area contributed by atoms with Gasteiger partial charge in [0.25, 0.3) is 0 Å². The van der Waals surface area contributed by atoms with Crippen molar-refractivity contribution in [3.05, 3.63) is 28.3 Å². The summed E-state index contributed by atoms with van der Waals surface area (Å²) in [7, 11) is 0. The van der Waals surface area contributed by atoms with E-state index in [1.165, 1.54) is 5.56 Å². The van der Waals surface area contributed by atoms with Crippen LogP contribution in [-0.2, 0) is 0 Å². The van der Waals surface area contributed by atoms with E-state index in [9.17, 15) is 0 Å². The lowest BCUT2D eigenvalue weighted by atomic mass is 10.0. The van der Waals surface area contributed by atoms with Crippen molar-refractivity contribution in [3.8, 4) is 5.75 Å². The molecule has 0 aliphatic heterocycles. The molecule has 1 aromatic carbocycles. The molecule has 0 aliphatic carbocycles. The second kappa shape index (κ2) is 4.70. The number of benzene rings is 1. The molecule has 1 rings (SSSR count). The summed E-state index contributed by atoms with van der Waals surface area (Å²) in [6.45, 7) is 8.97. The molecular weight excluding hydrogens is 196 g/mol. The van der Waals surface area contributed by atoms with Crippen LogP contribution < -0.4 is 4.74 Å². The van der Waals surface area contributed by atoms with Crippen molar-refractivity contribution in [2.24, 2.45) is 0 Å². The van der Waals surface area contributed by atoms with Crippen LogP contribution in [0.3, 0.4) is 0 Å². The molecule has 0 radical (unpaired) electrons.